The van der Waals surface area contributed by atoms with E-state index < -0.39 is 0 Å². The monoisotopic (exact) mass is 602 g/mol. The van der Waals surface area contributed by atoms with Crippen molar-refractivity contribution in [2.45, 2.75) is 45.6 Å². The highest BCUT2D eigenvalue weighted by Gasteiger charge is 2.20. The SMILES string of the molecule is CCOc1cc(-c2nc3sc4c(c3c(=O)[nH]2)CCCCC4)cc(Br)c1OCc1ccc(Br)cc1. The van der Waals surface area contributed by atoms with Crippen molar-refractivity contribution in [1.29, 1.82) is 0 Å². The number of nitrogens with zero attached hydrogens (tertiary/aromatic N) is 1. The number of hydrogen-bond acceptors (Lipinski definition) is 5. The summed E-state index contributed by atoms with van der Waals surface area (Å²) >= 11 is 8.76. The fourth-order valence-electron chi connectivity index (χ4n) is 4.32. The number of fused-ring (bicyclic) bond motifs is 3. The highest BCUT2D eigenvalue weighted by Crippen LogP contribution is 2.40. The van der Waals surface area contributed by atoms with Crippen LogP contribution < -0.4 is 15.0 Å². The number of thiophene rings is 1. The number of nitrogens with one attached hydrogen (secondary N) is 1. The van der Waals surface area contributed by atoms with Gasteiger partial charge in [0.1, 0.15) is 17.3 Å². The lowest BCUT2D eigenvalue weighted by Gasteiger charge is -2.15. The van der Waals surface area contributed by atoms with Crippen LogP contribution in [0.15, 0.2) is 50.1 Å². The summed E-state index contributed by atoms with van der Waals surface area (Å²) in [5.74, 6) is 1.77. The molecule has 8 heteroatoms. The number of benzene rings is 2. The van der Waals surface area contributed by atoms with Crippen LogP contribution in [-0.2, 0) is 19.4 Å². The molecule has 5 nitrogen and oxygen atoms in total. The van der Waals surface area contributed by atoms with Crippen LogP contribution in [0.3, 0.4) is 0 Å². The molecule has 1 aliphatic rings. The molecule has 0 atom stereocenters. The minimum atomic E-state index is -0.0657. The van der Waals surface area contributed by atoms with Crippen LogP contribution in [0.4, 0.5) is 0 Å². The molecule has 2 aromatic heterocycles. The Balaban J connectivity index is 1.51. The van der Waals surface area contributed by atoms with Crippen molar-refractivity contribution in [3.05, 3.63) is 71.7 Å². The Morgan fingerprint density at radius 1 is 1.06 bits per heavy atom. The fourth-order valence-corrected chi connectivity index (χ4v) is 6.40. The Morgan fingerprint density at radius 2 is 1.85 bits per heavy atom. The quantitative estimate of drug-likeness (QED) is 0.233. The first-order chi connectivity index (χ1) is 16.5. The zero-order valence-corrected chi connectivity index (χ0v) is 22.7. The lowest BCUT2D eigenvalue weighted by Crippen LogP contribution is -2.10. The summed E-state index contributed by atoms with van der Waals surface area (Å²) in [5, 5.41) is 0.768. The third-order valence-corrected chi connectivity index (χ3v) is 8.26. The second-order valence-electron chi connectivity index (χ2n) is 8.29. The number of aromatic amines is 1. The minimum absolute atomic E-state index is 0.0657. The topological polar surface area (TPSA) is 64.2 Å². The van der Waals surface area contributed by atoms with Gasteiger partial charge >= 0.3 is 0 Å². The third kappa shape index (κ3) is 4.81. The Bertz CT molecular complexity index is 1400. The summed E-state index contributed by atoms with van der Waals surface area (Å²) < 4.78 is 13.8. The maximum atomic E-state index is 13.1. The molecule has 0 amide bonds. The number of halogens is 2. The van der Waals surface area contributed by atoms with Gasteiger partial charge in [0.2, 0.25) is 0 Å². The molecular formula is C26H24Br2N2O3S. The molecule has 0 saturated heterocycles. The molecule has 2 heterocycles. The Kier molecular flexibility index (Phi) is 7.09. The van der Waals surface area contributed by atoms with Gasteiger partial charge in [-0.1, -0.05) is 34.5 Å². The number of aryl methyl sites for hydroxylation is 2. The highest BCUT2D eigenvalue weighted by molar-refractivity contribution is 9.10. The maximum Gasteiger partial charge on any atom is 0.260 e. The van der Waals surface area contributed by atoms with Gasteiger partial charge in [0, 0.05) is 14.9 Å². The molecule has 5 rings (SSSR count). The van der Waals surface area contributed by atoms with Gasteiger partial charge in [0.05, 0.1) is 16.5 Å². The van der Waals surface area contributed by atoms with E-state index in [0.29, 0.717) is 30.5 Å². The van der Waals surface area contributed by atoms with Crippen molar-refractivity contribution in [2.75, 3.05) is 6.61 Å². The average molecular weight is 604 g/mol. The molecule has 0 spiro atoms. The maximum absolute atomic E-state index is 13.1. The minimum Gasteiger partial charge on any atom is -0.490 e. The largest absolute Gasteiger partial charge is 0.490 e. The Morgan fingerprint density at radius 3 is 2.65 bits per heavy atom. The molecule has 176 valence electrons. The van der Waals surface area contributed by atoms with E-state index in [0.717, 1.165) is 49.6 Å². The van der Waals surface area contributed by atoms with E-state index in [1.165, 1.54) is 23.3 Å². The summed E-state index contributed by atoms with van der Waals surface area (Å²) in [6.45, 7) is 2.84. The highest BCUT2D eigenvalue weighted by atomic mass is 79.9. The number of aromatic nitrogens is 2. The van der Waals surface area contributed by atoms with Gasteiger partial charge in [0.15, 0.2) is 11.5 Å². The molecular weight excluding hydrogens is 580 g/mol. The van der Waals surface area contributed by atoms with Crippen molar-refractivity contribution in [1.82, 2.24) is 9.97 Å². The average Bonchev–Trinajstić information content (AvgIpc) is 3.01. The number of H-pyrrole nitrogens is 1. The van der Waals surface area contributed by atoms with Crippen molar-refractivity contribution in [3.63, 3.8) is 0 Å². The first-order valence-electron chi connectivity index (χ1n) is 11.4. The molecule has 2 aromatic carbocycles. The number of rotatable bonds is 6. The van der Waals surface area contributed by atoms with E-state index in [1.54, 1.807) is 11.3 Å². The van der Waals surface area contributed by atoms with Gasteiger partial charge in [0.25, 0.3) is 5.56 Å². The van der Waals surface area contributed by atoms with Crippen LogP contribution >= 0.6 is 43.2 Å². The zero-order valence-electron chi connectivity index (χ0n) is 18.7. The molecule has 0 saturated carbocycles. The normalized spacial score (nSPS) is 13.5. The van der Waals surface area contributed by atoms with Gasteiger partial charge in [-0.15, -0.1) is 11.3 Å². The molecule has 0 unspecified atom stereocenters. The summed E-state index contributed by atoms with van der Waals surface area (Å²) in [5.41, 5.74) is 2.96. The van der Waals surface area contributed by atoms with Crippen LogP contribution in [0.1, 0.15) is 42.2 Å². The molecule has 0 bridgehead atoms. The molecule has 0 radical (unpaired) electrons. The van der Waals surface area contributed by atoms with Crippen molar-refractivity contribution in [2.24, 2.45) is 0 Å². The van der Waals surface area contributed by atoms with Crippen LogP contribution in [0, 0.1) is 0 Å². The Labute approximate surface area is 218 Å². The molecule has 1 aliphatic carbocycles. The summed E-state index contributed by atoms with van der Waals surface area (Å²) in [7, 11) is 0. The van der Waals surface area contributed by atoms with E-state index >= 15 is 0 Å². The fraction of sp³-hybridized carbons (Fsp3) is 0.308. The van der Waals surface area contributed by atoms with E-state index in [2.05, 4.69) is 36.8 Å². The first-order valence-corrected chi connectivity index (χ1v) is 13.8. The smallest absolute Gasteiger partial charge is 0.260 e. The van der Waals surface area contributed by atoms with Gasteiger partial charge in [-0.2, -0.15) is 0 Å². The molecule has 0 aliphatic heterocycles. The number of ether oxygens (including phenoxy) is 2. The predicted molar refractivity (Wildman–Crippen MR) is 144 cm³/mol. The molecule has 0 fully saturated rings. The van der Waals surface area contributed by atoms with E-state index in [1.807, 2.05) is 43.3 Å². The molecule has 1 N–H and O–H groups in total. The lowest BCUT2D eigenvalue weighted by molar-refractivity contribution is 0.268. The van der Waals surface area contributed by atoms with Crippen LogP contribution in [0.5, 0.6) is 11.5 Å². The van der Waals surface area contributed by atoms with Crippen LogP contribution in [-0.4, -0.2) is 16.6 Å². The van der Waals surface area contributed by atoms with Crippen molar-refractivity contribution < 1.29 is 9.47 Å². The second-order valence-corrected chi connectivity index (χ2v) is 11.1. The molecule has 34 heavy (non-hydrogen) atoms. The molecule has 4 aromatic rings. The predicted octanol–water partition coefficient (Wildman–Crippen LogP) is 7.42. The van der Waals surface area contributed by atoms with E-state index in [-0.39, 0.29) is 5.56 Å². The van der Waals surface area contributed by atoms with Gasteiger partial charge in [-0.05, 0) is 83.9 Å². The van der Waals surface area contributed by atoms with E-state index in [4.69, 9.17) is 14.5 Å². The summed E-state index contributed by atoms with van der Waals surface area (Å²) in [6, 6.07) is 11.8. The third-order valence-electron chi connectivity index (χ3n) is 5.95. The van der Waals surface area contributed by atoms with Crippen molar-refractivity contribution in [3.8, 4) is 22.9 Å². The summed E-state index contributed by atoms with van der Waals surface area (Å²) in [6.07, 6.45) is 5.53. The van der Waals surface area contributed by atoms with E-state index in [9.17, 15) is 4.79 Å². The number of hydrogen-bond donors (Lipinski definition) is 1. The van der Waals surface area contributed by atoms with Gasteiger partial charge in [-0.25, -0.2) is 4.98 Å². The van der Waals surface area contributed by atoms with Crippen molar-refractivity contribution >= 4 is 53.4 Å². The van der Waals surface area contributed by atoms with Gasteiger partial charge in [-0.3, -0.25) is 4.79 Å². The Hall–Kier alpha value is -2.16. The second kappa shape index (κ2) is 10.2. The van der Waals surface area contributed by atoms with Gasteiger partial charge < -0.3 is 14.5 Å². The van der Waals surface area contributed by atoms with Crippen LogP contribution in [0.2, 0.25) is 0 Å². The lowest BCUT2D eigenvalue weighted by atomic mass is 10.1. The van der Waals surface area contributed by atoms with Crippen LogP contribution in [0.25, 0.3) is 21.6 Å². The first kappa shape index (κ1) is 23.6. The zero-order chi connectivity index (χ0) is 23.7. The standard InChI is InChI=1S/C26H24Br2N2O3S/c1-2-32-20-13-16(12-19(28)23(20)33-14-15-8-10-17(27)11-9-15)24-29-25(31)22-18-6-4-3-5-7-21(18)34-26(22)30-24/h8-13H,2-7,14H2,1H3,(H,29,30,31). The summed E-state index contributed by atoms with van der Waals surface area (Å²) in [4.78, 5) is 23.1.